The van der Waals surface area contributed by atoms with Crippen LogP contribution in [-0.4, -0.2) is 18.8 Å². The summed E-state index contributed by atoms with van der Waals surface area (Å²) in [6.45, 7) is 13.5. The predicted octanol–water partition coefficient (Wildman–Crippen LogP) is 6.78. The van der Waals surface area contributed by atoms with Gasteiger partial charge in [0.05, 0.1) is 5.60 Å². The minimum absolute atomic E-state index is 0.0526. The van der Waals surface area contributed by atoms with Gasteiger partial charge in [0.2, 0.25) is 0 Å². The van der Waals surface area contributed by atoms with Gasteiger partial charge in [-0.2, -0.15) is 0 Å². The topological polar surface area (TPSA) is 21.3 Å². The van der Waals surface area contributed by atoms with Crippen molar-refractivity contribution in [3.63, 3.8) is 0 Å². The van der Waals surface area contributed by atoms with E-state index in [9.17, 15) is 0 Å². The summed E-state index contributed by atoms with van der Waals surface area (Å²) in [4.78, 5) is 0. The van der Waals surface area contributed by atoms with Crippen LogP contribution in [0.5, 0.6) is 0 Å². The fourth-order valence-corrected chi connectivity index (χ4v) is 4.37. The van der Waals surface area contributed by atoms with Crippen LogP contribution in [0.2, 0.25) is 5.02 Å². The number of halogens is 1. The van der Waals surface area contributed by atoms with E-state index in [1.165, 1.54) is 37.7 Å². The average Bonchev–Trinajstić information content (AvgIpc) is 2.61. The van der Waals surface area contributed by atoms with E-state index in [-0.39, 0.29) is 5.60 Å². The van der Waals surface area contributed by atoms with E-state index < -0.39 is 0 Å². The summed E-state index contributed by atoms with van der Waals surface area (Å²) in [5, 5.41) is 4.54. The molecule has 2 rings (SSSR count). The van der Waals surface area contributed by atoms with E-state index in [0.717, 1.165) is 30.5 Å². The van der Waals surface area contributed by atoms with E-state index in [1.807, 2.05) is 12.1 Å². The molecular formula is C23H38ClNO. The molecule has 0 spiro atoms. The van der Waals surface area contributed by atoms with Crippen molar-refractivity contribution in [3.8, 4) is 0 Å². The Hall–Kier alpha value is -0.570. The summed E-state index contributed by atoms with van der Waals surface area (Å²) in [6, 6.07) is 8.55. The molecular weight excluding hydrogens is 342 g/mol. The molecule has 3 atom stereocenters. The summed E-state index contributed by atoms with van der Waals surface area (Å²) in [5.74, 6) is 0.767. The van der Waals surface area contributed by atoms with Crippen LogP contribution in [0.4, 0.5) is 0 Å². The van der Waals surface area contributed by atoms with Gasteiger partial charge in [-0.1, -0.05) is 50.9 Å². The maximum Gasteiger partial charge on any atom is 0.0657 e. The van der Waals surface area contributed by atoms with Crippen molar-refractivity contribution in [2.45, 2.75) is 84.8 Å². The molecule has 1 aliphatic rings. The third-order valence-electron chi connectivity index (χ3n) is 6.31. The average molecular weight is 380 g/mol. The summed E-state index contributed by atoms with van der Waals surface area (Å²) >= 11 is 6.01. The van der Waals surface area contributed by atoms with E-state index in [2.05, 4.69) is 52.1 Å². The SMILES string of the molecule is CC[C@@]1(C)C[C@](CCN[C@@H](C)c2ccc(Cl)cc2)(CCC(C)C)CCO1. The second-order valence-electron chi connectivity index (χ2n) is 8.99. The number of rotatable bonds is 9. The summed E-state index contributed by atoms with van der Waals surface area (Å²) in [5.41, 5.74) is 1.77. The molecule has 1 aromatic rings. The van der Waals surface area contributed by atoms with E-state index >= 15 is 0 Å². The molecule has 0 saturated carbocycles. The Morgan fingerprint density at radius 3 is 2.46 bits per heavy atom. The number of hydrogen-bond donors (Lipinski definition) is 1. The highest BCUT2D eigenvalue weighted by Gasteiger charge is 2.41. The molecule has 0 amide bonds. The molecule has 0 aromatic heterocycles. The van der Waals surface area contributed by atoms with Gasteiger partial charge in [0.1, 0.15) is 0 Å². The van der Waals surface area contributed by atoms with Gasteiger partial charge in [-0.25, -0.2) is 0 Å². The molecule has 1 aromatic carbocycles. The third kappa shape index (κ3) is 6.25. The molecule has 0 unspecified atom stereocenters. The molecule has 1 N–H and O–H groups in total. The summed E-state index contributed by atoms with van der Waals surface area (Å²) < 4.78 is 6.15. The van der Waals surface area contributed by atoms with E-state index in [0.29, 0.717) is 11.5 Å². The highest BCUT2D eigenvalue weighted by atomic mass is 35.5. The Morgan fingerprint density at radius 2 is 1.85 bits per heavy atom. The van der Waals surface area contributed by atoms with Crippen molar-refractivity contribution in [1.82, 2.24) is 5.32 Å². The van der Waals surface area contributed by atoms with Crippen molar-refractivity contribution < 1.29 is 4.74 Å². The van der Waals surface area contributed by atoms with Gasteiger partial charge in [-0.15, -0.1) is 0 Å². The van der Waals surface area contributed by atoms with E-state index in [1.54, 1.807) is 0 Å². The lowest BCUT2D eigenvalue weighted by atomic mass is 9.67. The number of benzene rings is 1. The van der Waals surface area contributed by atoms with E-state index in [4.69, 9.17) is 16.3 Å². The fraction of sp³-hybridized carbons (Fsp3) is 0.739. The summed E-state index contributed by atoms with van der Waals surface area (Å²) in [6.07, 6.45) is 7.36. The van der Waals surface area contributed by atoms with Gasteiger partial charge in [-0.05, 0) is 81.5 Å². The van der Waals surface area contributed by atoms with Crippen molar-refractivity contribution in [2.24, 2.45) is 11.3 Å². The summed E-state index contributed by atoms with van der Waals surface area (Å²) in [7, 11) is 0. The fourth-order valence-electron chi connectivity index (χ4n) is 4.24. The second kappa shape index (κ2) is 9.57. The Bertz CT molecular complexity index is 544. The van der Waals surface area contributed by atoms with Crippen LogP contribution in [0.25, 0.3) is 0 Å². The van der Waals surface area contributed by atoms with Gasteiger partial charge in [-0.3, -0.25) is 0 Å². The maximum absolute atomic E-state index is 6.15. The zero-order valence-electron chi connectivity index (χ0n) is 17.4. The Kier molecular flexibility index (Phi) is 8.00. The van der Waals surface area contributed by atoms with Crippen molar-refractivity contribution in [2.75, 3.05) is 13.2 Å². The van der Waals surface area contributed by atoms with Gasteiger partial charge in [0, 0.05) is 17.7 Å². The first kappa shape index (κ1) is 21.7. The van der Waals surface area contributed by atoms with Crippen molar-refractivity contribution in [1.29, 1.82) is 0 Å². The van der Waals surface area contributed by atoms with Crippen LogP contribution in [0.1, 0.15) is 84.7 Å². The Balaban J connectivity index is 1.96. The zero-order valence-corrected chi connectivity index (χ0v) is 18.2. The molecule has 0 bridgehead atoms. The molecule has 3 heteroatoms. The minimum atomic E-state index is 0.0526. The maximum atomic E-state index is 6.15. The predicted molar refractivity (Wildman–Crippen MR) is 113 cm³/mol. The first-order valence-corrected chi connectivity index (χ1v) is 10.8. The van der Waals surface area contributed by atoms with Gasteiger partial charge < -0.3 is 10.1 Å². The number of hydrogen-bond acceptors (Lipinski definition) is 2. The van der Waals surface area contributed by atoms with Crippen LogP contribution in [0, 0.1) is 11.3 Å². The standard InChI is InChI=1S/C23H38ClNO/c1-6-22(5)17-23(14-16-26-22,12-11-18(2)3)13-15-25-19(4)20-7-9-21(24)10-8-20/h7-10,18-19,25H,6,11-17H2,1-5H3/t19-,22-,23-/m0/s1. The molecule has 0 radical (unpaired) electrons. The highest BCUT2D eigenvalue weighted by Crippen LogP contribution is 2.46. The van der Waals surface area contributed by atoms with Crippen LogP contribution < -0.4 is 5.32 Å². The quantitative estimate of drug-likeness (QED) is 0.510. The largest absolute Gasteiger partial charge is 0.375 e. The monoisotopic (exact) mass is 379 g/mol. The lowest BCUT2D eigenvalue weighted by Gasteiger charge is -2.47. The molecule has 26 heavy (non-hydrogen) atoms. The number of ether oxygens (including phenoxy) is 1. The Morgan fingerprint density at radius 1 is 1.15 bits per heavy atom. The lowest BCUT2D eigenvalue weighted by Crippen LogP contribution is -2.44. The first-order valence-electron chi connectivity index (χ1n) is 10.4. The van der Waals surface area contributed by atoms with Crippen LogP contribution in [0.3, 0.4) is 0 Å². The lowest BCUT2D eigenvalue weighted by molar-refractivity contribution is -0.123. The molecule has 148 valence electrons. The first-order chi connectivity index (χ1) is 12.3. The molecule has 2 nitrogen and oxygen atoms in total. The highest BCUT2D eigenvalue weighted by molar-refractivity contribution is 6.30. The Labute approximate surface area is 166 Å². The second-order valence-corrected chi connectivity index (χ2v) is 9.43. The normalized spacial score (nSPS) is 27.7. The van der Waals surface area contributed by atoms with Crippen LogP contribution in [0.15, 0.2) is 24.3 Å². The van der Waals surface area contributed by atoms with Crippen LogP contribution >= 0.6 is 11.6 Å². The molecule has 1 aliphatic heterocycles. The van der Waals surface area contributed by atoms with Gasteiger partial charge >= 0.3 is 0 Å². The number of nitrogens with one attached hydrogen (secondary N) is 1. The molecule has 1 heterocycles. The molecule has 0 aliphatic carbocycles. The molecule has 1 saturated heterocycles. The van der Waals surface area contributed by atoms with Crippen LogP contribution in [-0.2, 0) is 4.74 Å². The van der Waals surface area contributed by atoms with Gasteiger partial charge in [0.15, 0.2) is 0 Å². The third-order valence-corrected chi connectivity index (χ3v) is 6.56. The smallest absolute Gasteiger partial charge is 0.0657 e. The van der Waals surface area contributed by atoms with Crippen molar-refractivity contribution in [3.05, 3.63) is 34.9 Å². The zero-order chi connectivity index (χ0) is 19.2. The molecule has 1 fully saturated rings. The van der Waals surface area contributed by atoms with Crippen molar-refractivity contribution >= 4 is 11.6 Å². The van der Waals surface area contributed by atoms with Gasteiger partial charge in [0.25, 0.3) is 0 Å². The minimum Gasteiger partial charge on any atom is -0.375 e.